The van der Waals surface area contributed by atoms with Gasteiger partial charge in [0.2, 0.25) is 5.91 Å². The number of rotatable bonds is 7. The van der Waals surface area contributed by atoms with Crippen molar-refractivity contribution in [2.24, 2.45) is 12.5 Å². The molecule has 0 aromatic carbocycles. The third kappa shape index (κ3) is 3.71. The van der Waals surface area contributed by atoms with E-state index in [4.69, 9.17) is 9.72 Å². The molecule has 0 N–H and O–H groups in total. The standard InChI is InChI=1S/C21H32N6O2/c1-16(2)27-13-19(22-15-27)18-12-25(11-17-9-23-24(3)10-17)14-21(18)5-6-26(20(21)28)7-8-29-4/h9-10,13,15-16,18H,5-8,11-12,14H2,1-4H3/t18-,21-/m1/s1. The van der Waals surface area contributed by atoms with E-state index in [0.29, 0.717) is 19.2 Å². The van der Waals surface area contributed by atoms with Crippen molar-refractivity contribution in [2.75, 3.05) is 39.9 Å². The van der Waals surface area contributed by atoms with Crippen LogP contribution >= 0.6 is 0 Å². The van der Waals surface area contributed by atoms with Crippen LogP contribution in [0.2, 0.25) is 0 Å². The highest BCUT2D eigenvalue weighted by Gasteiger charge is 2.57. The second-order valence-corrected chi connectivity index (χ2v) is 8.78. The SMILES string of the molecule is COCCN1CC[C@]2(CN(Cc3cnn(C)c3)C[C@@H]2c2cn(C(C)C)cn2)C1=O. The zero-order valence-corrected chi connectivity index (χ0v) is 17.9. The van der Waals surface area contributed by atoms with Crippen molar-refractivity contribution in [3.05, 3.63) is 36.2 Å². The van der Waals surface area contributed by atoms with E-state index >= 15 is 0 Å². The second-order valence-electron chi connectivity index (χ2n) is 8.78. The fourth-order valence-electron chi connectivity index (χ4n) is 4.87. The summed E-state index contributed by atoms with van der Waals surface area (Å²) in [6, 6.07) is 0.359. The number of imidazole rings is 1. The molecule has 0 radical (unpaired) electrons. The van der Waals surface area contributed by atoms with E-state index < -0.39 is 5.41 Å². The molecule has 0 saturated carbocycles. The molecule has 0 bridgehead atoms. The van der Waals surface area contributed by atoms with Gasteiger partial charge in [0, 0.05) is 76.8 Å². The summed E-state index contributed by atoms with van der Waals surface area (Å²) in [7, 11) is 3.62. The van der Waals surface area contributed by atoms with E-state index in [2.05, 4.69) is 40.8 Å². The van der Waals surface area contributed by atoms with Gasteiger partial charge in [0.05, 0.1) is 30.2 Å². The maximum atomic E-state index is 13.6. The van der Waals surface area contributed by atoms with Crippen molar-refractivity contribution in [3.63, 3.8) is 0 Å². The van der Waals surface area contributed by atoms with Gasteiger partial charge in [0.1, 0.15) is 0 Å². The maximum Gasteiger partial charge on any atom is 0.230 e. The summed E-state index contributed by atoms with van der Waals surface area (Å²) in [5.74, 6) is 0.367. The molecule has 158 valence electrons. The average molecular weight is 401 g/mol. The van der Waals surface area contributed by atoms with Crippen LogP contribution in [0.25, 0.3) is 0 Å². The van der Waals surface area contributed by atoms with Crippen LogP contribution in [0.15, 0.2) is 24.9 Å². The summed E-state index contributed by atoms with van der Waals surface area (Å²) in [5.41, 5.74) is 1.82. The molecule has 2 saturated heterocycles. The van der Waals surface area contributed by atoms with Crippen LogP contribution in [0, 0.1) is 5.41 Å². The second kappa shape index (κ2) is 7.91. The van der Waals surface area contributed by atoms with Crippen molar-refractivity contribution in [1.82, 2.24) is 29.1 Å². The molecule has 2 aromatic rings. The third-order valence-electron chi connectivity index (χ3n) is 6.46. The van der Waals surface area contributed by atoms with Crippen molar-refractivity contribution < 1.29 is 9.53 Å². The Morgan fingerprint density at radius 2 is 2.17 bits per heavy atom. The van der Waals surface area contributed by atoms with Gasteiger partial charge < -0.3 is 14.2 Å². The Morgan fingerprint density at radius 1 is 1.34 bits per heavy atom. The molecule has 2 aliphatic heterocycles. The van der Waals surface area contributed by atoms with E-state index in [-0.39, 0.29) is 11.8 Å². The monoisotopic (exact) mass is 400 g/mol. The van der Waals surface area contributed by atoms with Gasteiger partial charge in [-0.3, -0.25) is 14.4 Å². The lowest BCUT2D eigenvalue weighted by atomic mass is 9.75. The first-order valence-electron chi connectivity index (χ1n) is 10.4. The van der Waals surface area contributed by atoms with Gasteiger partial charge >= 0.3 is 0 Å². The van der Waals surface area contributed by atoms with Gasteiger partial charge in [0.15, 0.2) is 0 Å². The molecule has 2 aliphatic rings. The first kappa shape index (κ1) is 20.1. The lowest BCUT2D eigenvalue weighted by Gasteiger charge is -2.28. The Hall–Kier alpha value is -2.19. The fraction of sp³-hybridized carbons (Fsp3) is 0.667. The van der Waals surface area contributed by atoms with Crippen molar-refractivity contribution in [1.29, 1.82) is 0 Å². The normalized spacial score (nSPS) is 25.2. The molecule has 2 atom stereocenters. The highest BCUT2D eigenvalue weighted by molar-refractivity contribution is 5.86. The predicted molar refractivity (Wildman–Crippen MR) is 109 cm³/mol. The largest absolute Gasteiger partial charge is 0.383 e. The Bertz CT molecular complexity index is 859. The molecule has 1 amide bonds. The number of aromatic nitrogens is 4. The van der Waals surface area contributed by atoms with E-state index in [9.17, 15) is 4.79 Å². The van der Waals surface area contributed by atoms with Crippen LogP contribution in [0.1, 0.15) is 43.5 Å². The molecule has 8 nitrogen and oxygen atoms in total. The predicted octanol–water partition coefficient (Wildman–Crippen LogP) is 1.66. The molecular formula is C21H32N6O2. The fourth-order valence-corrected chi connectivity index (χ4v) is 4.87. The van der Waals surface area contributed by atoms with E-state index in [1.165, 1.54) is 5.56 Å². The van der Waals surface area contributed by atoms with E-state index in [0.717, 1.165) is 38.3 Å². The highest BCUT2D eigenvalue weighted by atomic mass is 16.5. The Labute approximate surface area is 172 Å². The number of ether oxygens (including phenoxy) is 1. The maximum absolute atomic E-state index is 13.6. The van der Waals surface area contributed by atoms with Crippen LogP contribution in [-0.2, 0) is 23.1 Å². The van der Waals surface area contributed by atoms with Gasteiger partial charge in [-0.15, -0.1) is 0 Å². The molecule has 0 unspecified atom stereocenters. The number of carbonyl (C=O) groups is 1. The number of aryl methyl sites for hydroxylation is 1. The van der Waals surface area contributed by atoms with Gasteiger partial charge in [-0.05, 0) is 20.3 Å². The third-order valence-corrected chi connectivity index (χ3v) is 6.46. The van der Waals surface area contributed by atoms with Crippen LogP contribution in [0.4, 0.5) is 0 Å². The Kier molecular flexibility index (Phi) is 5.48. The molecule has 4 heterocycles. The minimum Gasteiger partial charge on any atom is -0.383 e. The lowest BCUT2D eigenvalue weighted by Crippen LogP contribution is -2.40. The summed E-state index contributed by atoms with van der Waals surface area (Å²) in [4.78, 5) is 22.7. The molecule has 2 fully saturated rings. The van der Waals surface area contributed by atoms with Gasteiger partial charge in [-0.25, -0.2) is 4.98 Å². The first-order valence-corrected chi connectivity index (χ1v) is 10.4. The van der Waals surface area contributed by atoms with Gasteiger partial charge in [-0.2, -0.15) is 5.10 Å². The number of methoxy groups -OCH3 is 1. The quantitative estimate of drug-likeness (QED) is 0.707. The van der Waals surface area contributed by atoms with Crippen LogP contribution in [0.3, 0.4) is 0 Å². The molecular weight excluding hydrogens is 368 g/mol. The molecule has 8 heteroatoms. The Balaban J connectivity index is 1.61. The summed E-state index contributed by atoms with van der Waals surface area (Å²) >= 11 is 0. The van der Waals surface area contributed by atoms with Crippen LogP contribution in [0.5, 0.6) is 0 Å². The summed E-state index contributed by atoms with van der Waals surface area (Å²) in [6.45, 7) is 8.75. The number of nitrogens with zero attached hydrogens (tertiary/aromatic N) is 6. The molecule has 0 aliphatic carbocycles. The van der Waals surface area contributed by atoms with Gasteiger partial charge in [0.25, 0.3) is 0 Å². The minimum absolute atomic E-state index is 0.110. The molecule has 2 aromatic heterocycles. The molecule has 4 rings (SSSR count). The summed E-state index contributed by atoms with van der Waals surface area (Å²) < 4.78 is 9.18. The summed E-state index contributed by atoms with van der Waals surface area (Å²) in [6.07, 6.45) is 8.87. The van der Waals surface area contributed by atoms with Crippen LogP contribution in [-0.4, -0.2) is 74.9 Å². The zero-order chi connectivity index (χ0) is 20.6. The van der Waals surface area contributed by atoms with Crippen molar-refractivity contribution >= 4 is 5.91 Å². The zero-order valence-electron chi connectivity index (χ0n) is 17.9. The number of hydrogen-bond acceptors (Lipinski definition) is 5. The number of carbonyl (C=O) groups excluding carboxylic acids is 1. The summed E-state index contributed by atoms with van der Waals surface area (Å²) in [5, 5.41) is 4.29. The average Bonchev–Trinajstić information content (AvgIpc) is 3.44. The Morgan fingerprint density at radius 3 is 2.83 bits per heavy atom. The van der Waals surface area contributed by atoms with Crippen molar-refractivity contribution in [3.8, 4) is 0 Å². The van der Waals surface area contributed by atoms with E-state index in [1.54, 1.807) is 7.11 Å². The minimum atomic E-state index is -0.397. The van der Waals surface area contributed by atoms with E-state index in [1.807, 2.05) is 29.2 Å². The highest BCUT2D eigenvalue weighted by Crippen LogP contribution is 2.49. The topological polar surface area (TPSA) is 68.4 Å². The van der Waals surface area contributed by atoms with Crippen LogP contribution < -0.4 is 0 Å². The smallest absolute Gasteiger partial charge is 0.230 e. The number of hydrogen-bond donors (Lipinski definition) is 0. The van der Waals surface area contributed by atoms with Crippen molar-refractivity contribution in [2.45, 2.75) is 38.8 Å². The molecule has 1 spiro atoms. The van der Waals surface area contributed by atoms with Gasteiger partial charge in [-0.1, -0.05) is 0 Å². The molecule has 29 heavy (non-hydrogen) atoms. The first-order chi connectivity index (χ1) is 13.9. The number of likely N-dealkylation sites (tertiary alicyclic amines) is 2. The number of amides is 1. The lowest BCUT2D eigenvalue weighted by molar-refractivity contribution is -0.136.